The van der Waals surface area contributed by atoms with Crippen molar-refractivity contribution in [1.29, 1.82) is 0 Å². The van der Waals surface area contributed by atoms with Crippen LogP contribution in [-0.4, -0.2) is 49.7 Å². The summed E-state index contributed by atoms with van der Waals surface area (Å²) >= 11 is 6.02. The van der Waals surface area contributed by atoms with Gasteiger partial charge in [-0.25, -0.2) is 8.42 Å². The number of aliphatic hydroxyl groups is 1. The Morgan fingerprint density at radius 2 is 2.00 bits per heavy atom. The van der Waals surface area contributed by atoms with E-state index in [4.69, 9.17) is 16.3 Å². The van der Waals surface area contributed by atoms with Gasteiger partial charge in [0.25, 0.3) is 0 Å². The number of hydrogen-bond acceptors (Lipinski definition) is 6. The number of nitrogens with one attached hydrogen (secondary N) is 3. The van der Waals surface area contributed by atoms with Crippen molar-refractivity contribution < 1.29 is 18.3 Å². The number of nitrogens with zero attached hydrogens (tertiary/aromatic N) is 1. The Morgan fingerprint density at radius 1 is 1.23 bits per heavy atom. The van der Waals surface area contributed by atoms with Crippen LogP contribution in [0.3, 0.4) is 0 Å². The van der Waals surface area contributed by atoms with Gasteiger partial charge in [-0.15, -0.1) is 0 Å². The Kier molecular flexibility index (Phi) is 7.42. The molecule has 1 heterocycles. The molecule has 3 rings (SSSR count). The van der Waals surface area contributed by atoms with Crippen LogP contribution in [0.1, 0.15) is 37.1 Å². The van der Waals surface area contributed by atoms with Gasteiger partial charge in [0.15, 0.2) is 0 Å². The van der Waals surface area contributed by atoms with Gasteiger partial charge in [-0.3, -0.25) is 9.82 Å². The number of H-pyrrole nitrogens is 1. The summed E-state index contributed by atoms with van der Waals surface area (Å²) in [4.78, 5) is 0. The van der Waals surface area contributed by atoms with Gasteiger partial charge in [0, 0.05) is 30.2 Å². The van der Waals surface area contributed by atoms with Crippen LogP contribution in [-0.2, 0) is 10.0 Å². The molecule has 2 aromatic carbocycles. The van der Waals surface area contributed by atoms with E-state index in [1.807, 2.05) is 18.2 Å². The third kappa shape index (κ3) is 6.33. The lowest BCUT2D eigenvalue weighted by Crippen LogP contribution is -2.26. The zero-order chi connectivity index (χ0) is 22.6. The maximum atomic E-state index is 11.4. The van der Waals surface area contributed by atoms with Gasteiger partial charge in [0.05, 0.1) is 28.6 Å². The summed E-state index contributed by atoms with van der Waals surface area (Å²) in [6.45, 7) is 5.45. The molecule has 0 saturated heterocycles. The number of aromatic amines is 1. The summed E-state index contributed by atoms with van der Waals surface area (Å²) in [5, 5.41) is 22.3. The fraction of sp³-hybridized carbons (Fsp3) is 0.381. The van der Waals surface area contributed by atoms with E-state index in [2.05, 4.69) is 34.1 Å². The Bertz CT molecular complexity index is 1150. The van der Waals surface area contributed by atoms with Crippen LogP contribution in [0.15, 0.2) is 36.4 Å². The topological polar surface area (TPSA) is 116 Å². The van der Waals surface area contributed by atoms with Gasteiger partial charge in [-0.1, -0.05) is 31.5 Å². The maximum Gasteiger partial charge on any atom is 0.229 e. The van der Waals surface area contributed by atoms with Gasteiger partial charge in [-0.2, -0.15) is 5.10 Å². The highest BCUT2D eigenvalue weighted by Gasteiger charge is 2.13. The summed E-state index contributed by atoms with van der Waals surface area (Å²) in [7, 11) is -3.46. The minimum absolute atomic E-state index is 0.235. The molecule has 10 heteroatoms. The van der Waals surface area contributed by atoms with Crippen LogP contribution < -0.4 is 14.8 Å². The van der Waals surface area contributed by atoms with E-state index < -0.39 is 16.1 Å². The molecular weight excluding hydrogens is 440 g/mol. The second-order valence-corrected chi connectivity index (χ2v) is 9.81. The van der Waals surface area contributed by atoms with Crippen molar-refractivity contribution >= 4 is 38.2 Å². The zero-order valence-corrected chi connectivity index (χ0v) is 19.2. The van der Waals surface area contributed by atoms with Gasteiger partial charge in [0.2, 0.25) is 10.0 Å². The average molecular weight is 467 g/mol. The zero-order valence-electron chi connectivity index (χ0n) is 17.6. The molecule has 0 spiro atoms. The van der Waals surface area contributed by atoms with Crippen LogP contribution in [0.5, 0.6) is 5.75 Å². The Balaban J connectivity index is 1.48. The summed E-state index contributed by atoms with van der Waals surface area (Å²) in [5.74, 6) is 1.09. The molecule has 0 radical (unpaired) electrons. The molecule has 1 atom stereocenters. The Labute approximate surface area is 187 Å². The maximum absolute atomic E-state index is 11.4. The molecule has 0 fully saturated rings. The van der Waals surface area contributed by atoms with Crippen molar-refractivity contribution in [3.05, 3.63) is 52.7 Å². The lowest BCUT2D eigenvalue weighted by Gasteiger charge is -2.15. The number of anilines is 1. The van der Waals surface area contributed by atoms with Crippen molar-refractivity contribution in [2.75, 3.05) is 30.7 Å². The first-order chi connectivity index (χ1) is 14.6. The van der Waals surface area contributed by atoms with E-state index in [0.29, 0.717) is 24.6 Å². The molecule has 0 bridgehead atoms. The third-order valence-corrected chi connectivity index (χ3v) is 5.61. The van der Waals surface area contributed by atoms with Crippen LogP contribution in [0.4, 0.5) is 5.69 Å². The number of aromatic nitrogens is 2. The van der Waals surface area contributed by atoms with E-state index in [-0.39, 0.29) is 17.3 Å². The third-order valence-electron chi connectivity index (χ3n) is 4.69. The molecule has 3 aromatic rings. The molecule has 1 unspecified atom stereocenters. The molecule has 168 valence electrons. The second kappa shape index (κ2) is 9.86. The largest absolute Gasteiger partial charge is 0.492 e. The lowest BCUT2D eigenvalue weighted by atomic mass is 10.1. The lowest BCUT2D eigenvalue weighted by molar-refractivity contribution is 0.172. The van der Waals surface area contributed by atoms with Gasteiger partial charge < -0.3 is 15.2 Å². The highest BCUT2D eigenvalue weighted by atomic mass is 35.5. The van der Waals surface area contributed by atoms with E-state index >= 15 is 0 Å². The molecular formula is C21H27ClN4O4S. The first-order valence-corrected chi connectivity index (χ1v) is 12.2. The molecule has 8 nitrogen and oxygen atoms in total. The quantitative estimate of drug-likeness (QED) is 0.340. The van der Waals surface area contributed by atoms with Crippen molar-refractivity contribution in [2.45, 2.75) is 25.9 Å². The van der Waals surface area contributed by atoms with E-state index in [1.165, 1.54) is 6.07 Å². The highest BCUT2D eigenvalue weighted by Crippen LogP contribution is 2.27. The van der Waals surface area contributed by atoms with Crippen LogP contribution in [0.2, 0.25) is 5.02 Å². The van der Waals surface area contributed by atoms with Crippen molar-refractivity contribution in [2.24, 2.45) is 0 Å². The Hall–Kier alpha value is -2.33. The highest BCUT2D eigenvalue weighted by molar-refractivity contribution is 7.92. The van der Waals surface area contributed by atoms with Crippen molar-refractivity contribution in [3.63, 3.8) is 0 Å². The van der Waals surface area contributed by atoms with Crippen LogP contribution in [0.25, 0.3) is 10.9 Å². The van der Waals surface area contributed by atoms with Crippen LogP contribution in [0, 0.1) is 0 Å². The number of fused-ring (bicyclic) bond motifs is 1. The molecule has 31 heavy (non-hydrogen) atoms. The van der Waals surface area contributed by atoms with Gasteiger partial charge in [0.1, 0.15) is 12.4 Å². The molecule has 1 aromatic heterocycles. The monoisotopic (exact) mass is 466 g/mol. The first-order valence-electron chi connectivity index (χ1n) is 9.91. The Morgan fingerprint density at radius 3 is 2.71 bits per heavy atom. The van der Waals surface area contributed by atoms with Gasteiger partial charge >= 0.3 is 0 Å². The summed E-state index contributed by atoms with van der Waals surface area (Å²) in [6.07, 6.45) is 0.216. The summed E-state index contributed by atoms with van der Waals surface area (Å²) in [5.41, 5.74) is 2.76. The predicted molar refractivity (Wildman–Crippen MR) is 123 cm³/mol. The summed E-state index contributed by atoms with van der Waals surface area (Å²) < 4.78 is 31.0. The van der Waals surface area contributed by atoms with E-state index in [9.17, 15) is 13.5 Å². The number of ether oxygens (including phenoxy) is 1. The normalized spacial score (nSPS) is 13.0. The van der Waals surface area contributed by atoms with Crippen molar-refractivity contribution in [3.8, 4) is 5.75 Å². The number of hydrogen-bond donors (Lipinski definition) is 4. The fourth-order valence-electron chi connectivity index (χ4n) is 3.17. The average Bonchev–Trinajstić information content (AvgIpc) is 3.11. The van der Waals surface area contributed by atoms with Crippen LogP contribution >= 0.6 is 11.6 Å². The number of aliphatic hydroxyl groups excluding tert-OH is 1. The summed E-state index contributed by atoms with van der Waals surface area (Å²) in [6, 6.07) is 10.6. The number of rotatable bonds is 10. The predicted octanol–water partition coefficient (Wildman–Crippen LogP) is 3.41. The van der Waals surface area contributed by atoms with Crippen molar-refractivity contribution in [1.82, 2.24) is 15.5 Å². The molecule has 0 aliphatic rings. The molecule has 0 amide bonds. The smallest absolute Gasteiger partial charge is 0.229 e. The minimum atomic E-state index is -3.46. The minimum Gasteiger partial charge on any atom is -0.492 e. The van der Waals surface area contributed by atoms with E-state index in [0.717, 1.165) is 28.6 Å². The standard InChI is InChI=1S/C21H27ClN4O4S/c1-13(2)21-16-6-5-15(11-18(16)24-25-21)30-9-8-23-12-20(27)14-4-7-17(22)19(10-14)26-31(3,28)29/h4-7,10-11,13,20,23,26-27H,8-9,12H2,1-3H3,(H,24,25). The molecule has 0 aliphatic heterocycles. The number of sulfonamides is 1. The SMILES string of the molecule is CC(C)c1[nH]nc2cc(OCCNCC(O)c3ccc(Cl)c(NS(C)(=O)=O)c3)ccc12. The second-order valence-electron chi connectivity index (χ2n) is 7.65. The first kappa shape index (κ1) is 23.3. The number of halogens is 1. The fourth-order valence-corrected chi connectivity index (χ4v) is 3.96. The molecule has 4 N–H and O–H groups in total. The molecule has 0 saturated carbocycles. The number of benzene rings is 2. The van der Waals surface area contributed by atoms with Gasteiger partial charge in [-0.05, 0) is 35.7 Å². The molecule has 0 aliphatic carbocycles. The van der Waals surface area contributed by atoms with E-state index in [1.54, 1.807) is 12.1 Å².